The number of nitrogens with zero attached hydrogens (tertiary/aromatic N) is 6. The third kappa shape index (κ3) is 3.81. The molecule has 2 aliphatic rings. The van der Waals surface area contributed by atoms with Crippen LogP contribution in [0.15, 0.2) is 18.6 Å². The summed E-state index contributed by atoms with van der Waals surface area (Å²) >= 11 is 0. The van der Waals surface area contributed by atoms with E-state index in [0.29, 0.717) is 12.5 Å². The molecule has 152 valence electrons. The van der Waals surface area contributed by atoms with Crippen molar-refractivity contribution in [3.8, 4) is 5.88 Å². The van der Waals surface area contributed by atoms with E-state index in [-0.39, 0.29) is 17.4 Å². The summed E-state index contributed by atoms with van der Waals surface area (Å²) in [6, 6.07) is 0. The number of anilines is 1. The van der Waals surface area contributed by atoms with Crippen LogP contribution in [0.5, 0.6) is 5.88 Å². The zero-order valence-corrected chi connectivity index (χ0v) is 16.4. The molecule has 0 aliphatic carbocycles. The predicted molar refractivity (Wildman–Crippen MR) is 102 cm³/mol. The maximum absolute atomic E-state index is 13.6. The summed E-state index contributed by atoms with van der Waals surface area (Å²) in [7, 11) is 3.40. The lowest BCUT2D eigenvalue weighted by Crippen LogP contribution is -2.53. The maximum Gasteiger partial charge on any atom is 0.255 e. The Labute approximate surface area is 164 Å². The van der Waals surface area contributed by atoms with Crippen LogP contribution in [0.2, 0.25) is 0 Å². The number of ether oxygens (including phenoxy) is 1. The van der Waals surface area contributed by atoms with Gasteiger partial charge in [0.05, 0.1) is 26.0 Å². The van der Waals surface area contributed by atoms with Crippen LogP contribution in [0.1, 0.15) is 25.1 Å². The zero-order chi connectivity index (χ0) is 19.7. The average Bonchev–Trinajstić information content (AvgIpc) is 3.07. The summed E-state index contributed by atoms with van der Waals surface area (Å²) in [6.45, 7) is 3.91. The van der Waals surface area contributed by atoms with E-state index in [0.717, 1.165) is 57.5 Å². The summed E-state index contributed by atoms with van der Waals surface area (Å²) in [6.07, 6.45) is 7.26. The Morgan fingerprint density at radius 3 is 2.79 bits per heavy atom. The summed E-state index contributed by atoms with van der Waals surface area (Å²) in [5.74, 6) is 0.919. The molecular weight excluding hydrogens is 363 g/mol. The normalized spacial score (nSPS) is 22.6. The number of methoxy groups -OCH3 is 1. The summed E-state index contributed by atoms with van der Waals surface area (Å²) < 4.78 is 20.6. The first-order valence-electron chi connectivity index (χ1n) is 9.66. The van der Waals surface area contributed by atoms with Gasteiger partial charge in [-0.2, -0.15) is 9.37 Å². The quantitative estimate of drug-likeness (QED) is 0.841. The molecule has 4 rings (SSSR count). The van der Waals surface area contributed by atoms with Gasteiger partial charge in [-0.1, -0.05) is 0 Å². The molecule has 0 bridgehead atoms. The number of piperidine rings is 2. The lowest BCUT2D eigenvalue weighted by molar-refractivity contribution is -0.0263. The second kappa shape index (κ2) is 7.63. The van der Waals surface area contributed by atoms with Gasteiger partial charge in [0.2, 0.25) is 11.8 Å². The van der Waals surface area contributed by atoms with Crippen molar-refractivity contribution in [1.29, 1.82) is 0 Å². The highest BCUT2D eigenvalue weighted by molar-refractivity contribution is 5.33. The van der Waals surface area contributed by atoms with E-state index in [2.05, 4.69) is 24.8 Å². The molecular formula is C19H27FN6O2. The minimum atomic E-state index is -0.556. The molecule has 1 atom stereocenters. The summed E-state index contributed by atoms with van der Waals surface area (Å²) in [5, 5.41) is 10.5. The number of hydrogen-bond acceptors (Lipinski definition) is 7. The van der Waals surface area contributed by atoms with Crippen LogP contribution in [0.4, 0.5) is 10.3 Å². The van der Waals surface area contributed by atoms with Crippen LogP contribution in [0.25, 0.3) is 0 Å². The standard InChI is InChI=1S/C19H27FN6O2/c1-24-8-5-21-16(24)12-25-11-14(27)9-19(13-25)3-6-26(7-4-19)18-22-10-15(20)17(23-18)28-2/h5,8,10,14,27H,3-4,6-7,9,11-13H2,1-2H3. The Balaban J connectivity index is 1.43. The number of aromatic nitrogens is 4. The van der Waals surface area contributed by atoms with Crippen molar-refractivity contribution >= 4 is 5.95 Å². The van der Waals surface area contributed by atoms with Gasteiger partial charge in [0.1, 0.15) is 5.82 Å². The number of halogens is 1. The van der Waals surface area contributed by atoms with Crippen LogP contribution >= 0.6 is 0 Å². The van der Waals surface area contributed by atoms with Crippen molar-refractivity contribution in [2.24, 2.45) is 12.5 Å². The van der Waals surface area contributed by atoms with E-state index in [9.17, 15) is 9.50 Å². The Bertz CT molecular complexity index is 821. The van der Waals surface area contributed by atoms with Gasteiger partial charge in [-0.05, 0) is 24.7 Å². The average molecular weight is 390 g/mol. The smallest absolute Gasteiger partial charge is 0.255 e. The van der Waals surface area contributed by atoms with E-state index < -0.39 is 5.82 Å². The third-order valence-electron chi connectivity index (χ3n) is 5.98. The molecule has 0 saturated carbocycles. The van der Waals surface area contributed by atoms with Gasteiger partial charge < -0.3 is 19.3 Å². The van der Waals surface area contributed by atoms with Crippen molar-refractivity contribution in [2.75, 3.05) is 38.2 Å². The van der Waals surface area contributed by atoms with Crippen LogP contribution in [0, 0.1) is 11.2 Å². The van der Waals surface area contributed by atoms with Gasteiger partial charge in [-0.15, -0.1) is 0 Å². The summed E-state index contributed by atoms with van der Waals surface area (Å²) in [4.78, 5) is 17.1. The molecule has 1 N–H and O–H groups in total. The van der Waals surface area contributed by atoms with Gasteiger partial charge in [-0.3, -0.25) is 4.90 Å². The number of hydrogen-bond donors (Lipinski definition) is 1. The highest BCUT2D eigenvalue weighted by Gasteiger charge is 2.42. The second-order valence-electron chi connectivity index (χ2n) is 8.00. The van der Waals surface area contributed by atoms with Crippen molar-refractivity contribution < 1.29 is 14.2 Å². The molecule has 1 spiro atoms. The fraction of sp³-hybridized carbons (Fsp3) is 0.632. The molecule has 28 heavy (non-hydrogen) atoms. The van der Waals surface area contributed by atoms with Crippen molar-refractivity contribution in [1.82, 2.24) is 24.4 Å². The molecule has 0 radical (unpaired) electrons. The van der Waals surface area contributed by atoms with Crippen LogP contribution in [-0.4, -0.2) is 68.9 Å². The van der Waals surface area contributed by atoms with E-state index in [1.165, 1.54) is 7.11 Å². The molecule has 2 aromatic heterocycles. The first-order valence-corrected chi connectivity index (χ1v) is 9.66. The number of imidazole rings is 1. The Morgan fingerprint density at radius 2 is 2.11 bits per heavy atom. The maximum atomic E-state index is 13.6. The van der Waals surface area contributed by atoms with Crippen molar-refractivity contribution in [3.63, 3.8) is 0 Å². The Morgan fingerprint density at radius 1 is 1.32 bits per heavy atom. The van der Waals surface area contributed by atoms with Crippen molar-refractivity contribution in [2.45, 2.75) is 31.9 Å². The highest BCUT2D eigenvalue weighted by Crippen LogP contribution is 2.41. The molecule has 0 amide bonds. The zero-order valence-electron chi connectivity index (χ0n) is 16.4. The minimum Gasteiger partial charge on any atom is -0.479 e. The van der Waals surface area contributed by atoms with Gasteiger partial charge >= 0.3 is 0 Å². The lowest BCUT2D eigenvalue weighted by Gasteiger charge is -2.49. The molecule has 8 nitrogen and oxygen atoms in total. The first-order chi connectivity index (χ1) is 13.5. The highest BCUT2D eigenvalue weighted by atomic mass is 19.1. The number of aliphatic hydroxyl groups is 1. The SMILES string of the molecule is COc1nc(N2CCC3(CC2)CC(O)CN(Cc2nccn2C)C3)ncc1F. The molecule has 2 aliphatic heterocycles. The fourth-order valence-electron chi connectivity index (χ4n) is 4.52. The molecule has 2 fully saturated rings. The lowest BCUT2D eigenvalue weighted by atomic mass is 9.71. The Hall–Kier alpha value is -2.26. The first kappa shape index (κ1) is 19.1. The largest absolute Gasteiger partial charge is 0.479 e. The number of likely N-dealkylation sites (tertiary alicyclic amines) is 1. The fourth-order valence-corrected chi connectivity index (χ4v) is 4.52. The number of aliphatic hydroxyl groups excluding tert-OH is 1. The number of aryl methyl sites for hydroxylation is 1. The van der Waals surface area contributed by atoms with Crippen LogP contribution < -0.4 is 9.64 Å². The number of rotatable bonds is 4. The molecule has 2 aromatic rings. The van der Waals surface area contributed by atoms with E-state index in [4.69, 9.17) is 4.74 Å². The van der Waals surface area contributed by atoms with Gasteiger partial charge in [0, 0.05) is 45.6 Å². The van der Waals surface area contributed by atoms with Crippen molar-refractivity contribution in [3.05, 3.63) is 30.2 Å². The molecule has 1 unspecified atom stereocenters. The molecule has 2 saturated heterocycles. The Kier molecular flexibility index (Phi) is 5.20. The van der Waals surface area contributed by atoms with Gasteiger partial charge in [-0.25, -0.2) is 9.97 Å². The third-order valence-corrected chi connectivity index (χ3v) is 5.98. The number of β-amino-alcohol motifs (C(OH)–C–C–N with tert-alkyl or cyclic N) is 1. The van der Waals surface area contributed by atoms with E-state index in [1.807, 2.05) is 17.8 Å². The molecule has 9 heteroatoms. The summed E-state index contributed by atoms with van der Waals surface area (Å²) in [5.41, 5.74) is 0.0729. The van der Waals surface area contributed by atoms with E-state index in [1.54, 1.807) is 6.20 Å². The second-order valence-corrected chi connectivity index (χ2v) is 8.00. The van der Waals surface area contributed by atoms with Crippen LogP contribution in [0.3, 0.4) is 0 Å². The van der Waals surface area contributed by atoms with Gasteiger partial charge in [0.15, 0.2) is 0 Å². The molecule has 4 heterocycles. The van der Waals surface area contributed by atoms with Gasteiger partial charge in [0.25, 0.3) is 5.88 Å². The van der Waals surface area contributed by atoms with E-state index >= 15 is 0 Å². The monoisotopic (exact) mass is 390 g/mol. The topological polar surface area (TPSA) is 79.5 Å². The molecule has 0 aromatic carbocycles. The van der Waals surface area contributed by atoms with Crippen LogP contribution in [-0.2, 0) is 13.6 Å². The predicted octanol–water partition coefficient (Wildman–Crippen LogP) is 1.21. The minimum absolute atomic E-state index is 0.0281.